The van der Waals surface area contributed by atoms with Gasteiger partial charge in [-0.2, -0.15) is 0 Å². The van der Waals surface area contributed by atoms with E-state index in [9.17, 15) is 9.35 Å². The Balaban J connectivity index is 3.05. The number of halogens is 1. The monoisotopic (exact) mass is 444 g/mol. The molecule has 5 nitrogen and oxygen atoms in total. The number of amides is 1. The van der Waals surface area contributed by atoms with Crippen LogP contribution in [0.3, 0.4) is 0 Å². The molecule has 0 aliphatic heterocycles. The molecule has 0 heterocycles. The third kappa shape index (κ3) is 8.36. The predicted octanol–water partition coefficient (Wildman–Crippen LogP) is 5.34. The van der Waals surface area contributed by atoms with E-state index in [-0.39, 0.29) is 10.3 Å². The van der Waals surface area contributed by atoms with E-state index in [0.717, 1.165) is 12.0 Å². The Bertz CT molecular complexity index is 656. The van der Waals surface area contributed by atoms with Crippen molar-refractivity contribution in [3.05, 3.63) is 34.9 Å². The van der Waals surface area contributed by atoms with Gasteiger partial charge in [0.15, 0.2) is 0 Å². The van der Waals surface area contributed by atoms with E-state index in [2.05, 4.69) is 12.2 Å². The summed E-state index contributed by atoms with van der Waals surface area (Å²) in [6.45, 7) is 14.0. The SMILES string of the molecule is CCC(CCNC(=O)OC(C)(C)C)(Cc1ccc(Cl)cc1)N(C)[S+]([O-])C(C)(C)C. The third-order valence-corrected chi connectivity index (χ3v) is 6.99. The highest BCUT2D eigenvalue weighted by molar-refractivity contribution is 7.90. The lowest BCUT2D eigenvalue weighted by Crippen LogP contribution is -2.56. The lowest BCUT2D eigenvalue weighted by molar-refractivity contribution is 0.0518. The molecule has 0 saturated heterocycles. The van der Waals surface area contributed by atoms with E-state index in [4.69, 9.17) is 16.3 Å². The fraction of sp³-hybridized carbons (Fsp3) is 0.682. The first-order valence-corrected chi connectivity index (χ1v) is 11.6. The van der Waals surface area contributed by atoms with Crippen molar-refractivity contribution < 1.29 is 14.1 Å². The van der Waals surface area contributed by atoms with Gasteiger partial charge in [-0.1, -0.05) is 30.7 Å². The van der Waals surface area contributed by atoms with Crippen LogP contribution < -0.4 is 5.32 Å². The normalized spacial score (nSPS) is 15.7. The Kier molecular flexibility index (Phi) is 9.34. The Morgan fingerprint density at radius 3 is 2.17 bits per heavy atom. The zero-order chi connectivity index (χ0) is 22.5. The molecule has 7 heteroatoms. The minimum absolute atomic E-state index is 0.381. The van der Waals surface area contributed by atoms with Crippen LogP contribution in [-0.4, -0.2) is 44.4 Å². The second-order valence-electron chi connectivity index (χ2n) is 9.42. The molecule has 1 rings (SSSR count). The summed E-state index contributed by atoms with van der Waals surface area (Å²) >= 11 is 4.84. The molecule has 0 radical (unpaired) electrons. The molecule has 0 saturated carbocycles. The Hall–Kier alpha value is -0.950. The molecule has 1 aromatic carbocycles. The van der Waals surface area contributed by atoms with Crippen LogP contribution in [0.4, 0.5) is 4.79 Å². The van der Waals surface area contributed by atoms with Gasteiger partial charge in [-0.25, -0.2) is 4.79 Å². The lowest BCUT2D eigenvalue weighted by Gasteiger charge is -2.44. The summed E-state index contributed by atoms with van der Waals surface area (Å²) in [5.41, 5.74) is 0.187. The molecule has 0 fully saturated rings. The predicted molar refractivity (Wildman–Crippen MR) is 123 cm³/mol. The molecule has 2 unspecified atom stereocenters. The Morgan fingerprint density at radius 2 is 1.72 bits per heavy atom. The molecule has 1 amide bonds. The summed E-state index contributed by atoms with van der Waals surface area (Å²) in [6.07, 6.45) is 1.69. The summed E-state index contributed by atoms with van der Waals surface area (Å²) in [5.74, 6) is 0. The van der Waals surface area contributed by atoms with E-state index in [1.807, 2.05) is 77.2 Å². The number of alkyl carbamates (subject to hydrolysis) is 1. The fourth-order valence-corrected chi connectivity index (χ4v) is 4.75. The van der Waals surface area contributed by atoms with E-state index in [1.54, 1.807) is 0 Å². The molecular weight excluding hydrogens is 408 g/mol. The number of hydrogen-bond acceptors (Lipinski definition) is 4. The van der Waals surface area contributed by atoms with E-state index >= 15 is 0 Å². The number of carbonyl (C=O) groups excluding carboxylic acids is 1. The van der Waals surface area contributed by atoms with Crippen molar-refractivity contribution >= 4 is 29.1 Å². The van der Waals surface area contributed by atoms with Crippen molar-refractivity contribution in [2.24, 2.45) is 0 Å². The zero-order valence-corrected chi connectivity index (χ0v) is 20.7. The van der Waals surface area contributed by atoms with Crippen molar-refractivity contribution in [1.82, 2.24) is 9.62 Å². The molecule has 0 aliphatic carbocycles. The second kappa shape index (κ2) is 10.4. The molecule has 2 atom stereocenters. The second-order valence-corrected chi connectivity index (χ2v) is 12.1. The summed E-state index contributed by atoms with van der Waals surface area (Å²) in [6, 6.07) is 7.75. The van der Waals surface area contributed by atoms with Crippen molar-refractivity contribution in [2.75, 3.05) is 13.6 Å². The van der Waals surface area contributed by atoms with E-state index in [0.29, 0.717) is 24.4 Å². The first-order valence-electron chi connectivity index (χ1n) is 10.1. The summed E-state index contributed by atoms with van der Waals surface area (Å²) in [5, 5.41) is 3.54. The topological polar surface area (TPSA) is 64.6 Å². The average Bonchev–Trinajstić information content (AvgIpc) is 2.59. The van der Waals surface area contributed by atoms with Gasteiger partial charge < -0.3 is 14.6 Å². The number of benzene rings is 1. The molecule has 166 valence electrons. The van der Waals surface area contributed by atoms with Crippen LogP contribution in [-0.2, 0) is 22.5 Å². The standard InChI is InChI=1S/C22H37ClN2O3S/c1-9-22(25(8)29(27)21(5,6)7,16-17-10-12-18(23)13-11-17)14-15-24-19(26)28-20(2,3)4/h10-13H,9,14-16H2,1-8H3,(H,24,26). The lowest BCUT2D eigenvalue weighted by atomic mass is 9.85. The minimum atomic E-state index is -1.20. The molecule has 29 heavy (non-hydrogen) atoms. The van der Waals surface area contributed by atoms with E-state index < -0.39 is 23.1 Å². The van der Waals surface area contributed by atoms with Gasteiger partial charge in [-0.3, -0.25) is 0 Å². The summed E-state index contributed by atoms with van der Waals surface area (Å²) in [4.78, 5) is 12.1. The summed E-state index contributed by atoms with van der Waals surface area (Å²) in [7, 11) is 1.91. The number of carbonyl (C=O) groups is 1. The van der Waals surface area contributed by atoms with Crippen LogP contribution in [0, 0.1) is 0 Å². The molecule has 1 aromatic rings. The smallest absolute Gasteiger partial charge is 0.407 e. The highest BCUT2D eigenvalue weighted by Crippen LogP contribution is 2.34. The van der Waals surface area contributed by atoms with Gasteiger partial charge in [0.2, 0.25) is 0 Å². The van der Waals surface area contributed by atoms with Crippen molar-refractivity contribution in [3.63, 3.8) is 0 Å². The zero-order valence-electron chi connectivity index (χ0n) is 19.1. The fourth-order valence-electron chi connectivity index (χ4n) is 3.16. The van der Waals surface area contributed by atoms with Crippen LogP contribution in [0.15, 0.2) is 24.3 Å². The largest absolute Gasteiger partial charge is 0.597 e. The van der Waals surface area contributed by atoms with Crippen LogP contribution in [0.5, 0.6) is 0 Å². The van der Waals surface area contributed by atoms with E-state index in [1.165, 1.54) is 0 Å². The highest BCUT2D eigenvalue weighted by atomic mass is 35.5. The Labute approximate surface area is 184 Å². The molecular formula is C22H37ClN2O3S. The van der Waals surface area contributed by atoms with Crippen molar-refractivity contribution in [3.8, 4) is 0 Å². The van der Waals surface area contributed by atoms with Gasteiger partial charge in [0.05, 0.1) is 5.54 Å². The first kappa shape index (κ1) is 26.1. The first-order chi connectivity index (χ1) is 13.2. The minimum Gasteiger partial charge on any atom is -0.597 e. The van der Waals surface area contributed by atoms with Crippen molar-refractivity contribution in [1.29, 1.82) is 0 Å². The van der Waals surface area contributed by atoms with Gasteiger partial charge in [0, 0.05) is 30.0 Å². The number of nitrogens with one attached hydrogen (secondary N) is 1. The highest BCUT2D eigenvalue weighted by Gasteiger charge is 2.44. The maximum atomic E-state index is 13.2. The molecule has 0 aliphatic rings. The van der Waals surface area contributed by atoms with Gasteiger partial charge >= 0.3 is 6.09 Å². The molecule has 0 spiro atoms. The maximum absolute atomic E-state index is 13.2. The average molecular weight is 445 g/mol. The number of likely N-dealkylation sites (N-methyl/N-ethyl adjacent to an activating group) is 1. The van der Waals surface area contributed by atoms with Crippen molar-refractivity contribution in [2.45, 2.75) is 83.6 Å². The van der Waals surface area contributed by atoms with Crippen LogP contribution in [0.2, 0.25) is 5.02 Å². The van der Waals surface area contributed by atoms with Crippen LogP contribution in [0.25, 0.3) is 0 Å². The maximum Gasteiger partial charge on any atom is 0.407 e. The summed E-state index contributed by atoms with van der Waals surface area (Å²) < 4.78 is 20.1. The van der Waals surface area contributed by atoms with Gasteiger partial charge in [0.25, 0.3) is 0 Å². The quantitative estimate of drug-likeness (QED) is 0.549. The number of nitrogens with zero attached hydrogens (tertiary/aromatic N) is 1. The van der Waals surface area contributed by atoms with Crippen LogP contribution >= 0.6 is 11.6 Å². The Morgan fingerprint density at radius 1 is 1.17 bits per heavy atom. The molecule has 1 N–H and O–H groups in total. The molecule has 0 bridgehead atoms. The van der Waals surface area contributed by atoms with Gasteiger partial charge in [-0.05, 0) is 78.5 Å². The van der Waals surface area contributed by atoms with Gasteiger partial charge in [-0.15, -0.1) is 4.31 Å². The number of hydrogen-bond donors (Lipinski definition) is 1. The number of rotatable bonds is 8. The van der Waals surface area contributed by atoms with Crippen LogP contribution in [0.1, 0.15) is 66.9 Å². The number of ether oxygens (including phenoxy) is 1. The van der Waals surface area contributed by atoms with Gasteiger partial charge in [0.1, 0.15) is 10.3 Å². The third-order valence-electron chi connectivity index (χ3n) is 4.80. The molecule has 0 aromatic heterocycles.